The number of hydrogen-bond acceptors (Lipinski definition) is 2. The summed E-state index contributed by atoms with van der Waals surface area (Å²) in [7, 11) is 0. The van der Waals surface area contributed by atoms with Gasteiger partial charge in [0.2, 0.25) is 0 Å². The summed E-state index contributed by atoms with van der Waals surface area (Å²) in [6, 6.07) is 15.2. The Morgan fingerprint density at radius 3 is 2.39 bits per heavy atom. The van der Waals surface area contributed by atoms with Gasteiger partial charge in [-0.1, -0.05) is 49.4 Å². The molecule has 5 nitrogen and oxygen atoms in total. The molecule has 0 heterocycles. The second kappa shape index (κ2) is 7.98. The molecule has 0 aliphatic heterocycles. The Bertz CT molecular complexity index is 671. The van der Waals surface area contributed by atoms with Crippen LogP contribution in [0.25, 0.3) is 0 Å². The van der Waals surface area contributed by atoms with Crippen molar-refractivity contribution in [3.63, 3.8) is 0 Å². The molecular weight excluding hydrogens is 292 g/mol. The molecule has 0 radical (unpaired) electrons. The van der Waals surface area contributed by atoms with Crippen LogP contribution in [0.5, 0.6) is 0 Å². The van der Waals surface area contributed by atoms with Gasteiger partial charge in [-0.15, -0.1) is 0 Å². The molecule has 120 valence electrons. The van der Waals surface area contributed by atoms with E-state index in [9.17, 15) is 14.7 Å². The van der Waals surface area contributed by atoms with Gasteiger partial charge in [0.1, 0.15) is 6.04 Å². The maximum Gasteiger partial charge on any atom is 0.326 e. The number of aryl methyl sites for hydroxylation is 1. The molecule has 23 heavy (non-hydrogen) atoms. The first-order valence-electron chi connectivity index (χ1n) is 7.51. The van der Waals surface area contributed by atoms with E-state index in [4.69, 9.17) is 0 Å². The molecule has 0 aromatic heterocycles. The SMILES string of the molecule is CCc1cccc(NC(=O)NC(Cc2ccccc2)C(=O)O)c1. The number of benzene rings is 2. The molecule has 0 spiro atoms. The summed E-state index contributed by atoms with van der Waals surface area (Å²) in [6.45, 7) is 2.03. The third-order valence-electron chi connectivity index (χ3n) is 3.48. The fraction of sp³-hybridized carbons (Fsp3) is 0.222. The summed E-state index contributed by atoms with van der Waals surface area (Å²) in [6.07, 6.45) is 1.10. The lowest BCUT2D eigenvalue weighted by atomic mass is 10.1. The first-order chi connectivity index (χ1) is 11.1. The maximum absolute atomic E-state index is 12.0. The van der Waals surface area contributed by atoms with Crippen LogP contribution in [0.2, 0.25) is 0 Å². The number of carboxylic acid groups (broad SMARTS) is 1. The summed E-state index contributed by atoms with van der Waals surface area (Å²) in [5, 5.41) is 14.5. The average Bonchev–Trinajstić information content (AvgIpc) is 2.55. The highest BCUT2D eigenvalue weighted by molar-refractivity contribution is 5.92. The smallest absolute Gasteiger partial charge is 0.326 e. The molecule has 5 heteroatoms. The van der Waals surface area contributed by atoms with Crippen molar-refractivity contribution in [3.8, 4) is 0 Å². The Balaban J connectivity index is 1.99. The van der Waals surface area contributed by atoms with Gasteiger partial charge in [-0.2, -0.15) is 0 Å². The number of nitrogens with one attached hydrogen (secondary N) is 2. The van der Waals surface area contributed by atoms with Crippen molar-refractivity contribution in [3.05, 3.63) is 65.7 Å². The minimum Gasteiger partial charge on any atom is -0.480 e. The minimum absolute atomic E-state index is 0.235. The highest BCUT2D eigenvalue weighted by atomic mass is 16.4. The Morgan fingerprint density at radius 1 is 1.04 bits per heavy atom. The predicted molar refractivity (Wildman–Crippen MR) is 89.5 cm³/mol. The van der Waals surface area contributed by atoms with Crippen LogP contribution in [0.4, 0.5) is 10.5 Å². The van der Waals surface area contributed by atoms with E-state index in [1.54, 1.807) is 6.07 Å². The quantitative estimate of drug-likeness (QED) is 0.767. The summed E-state index contributed by atoms with van der Waals surface area (Å²) >= 11 is 0. The Labute approximate surface area is 135 Å². The molecule has 1 atom stereocenters. The van der Waals surface area contributed by atoms with Crippen LogP contribution in [0.3, 0.4) is 0 Å². The Hall–Kier alpha value is -2.82. The van der Waals surface area contributed by atoms with E-state index in [0.29, 0.717) is 5.69 Å². The molecule has 1 unspecified atom stereocenters. The van der Waals surface area contributed by atoms with Crippen LogP contribution in [0.15, 0.2) is 54.6 Å². The van der Waals surface area contributed by atoms with Gasteiger partial charge < -0.3 is 15.7 Å². The van der Waals surface area contributed by atoms with Crippen molar-refractivity contribution < 1.29 is 14.7 Å². The normalized spacial score (nSPS) is 11.5. The van der Waals surface area contributed by atoms with E-state index in [2.05, 4.69) is 10.6 Å². The van der Waals surface area contributed by atoms with Gasteiger partial charge in [0.15, 0.2) is 0 Å². The number of anilines is 1. The van der Waals surface area contributed by atoms with Gasteiger partial charge in [0.25, 0.3) is 0 Å². The predicted octanol–water partition coefficient (Wildman–Crippen LogP) is 3.07. The molecule has 2 aromatic rings. The minimum atomic E-state index is -1.06. The number of hydrogen-bond donors (Lipinski definition) is 3. The molecule has 2 rings (SSSR count). The van der Waals surface area contributed by atoms with Gasteiger partial charge in [-0.25, -0.2) is 9.59 Å². The topological polar surface area (TPSA) is 78.4 Å². The van der Waals surface area contributed by atoms with Gasteiger partial charge in [0, 0.05) is 12.1 Å². The Morgan fingerprint density at radius 2 is 1.74 bits per heavy atom. The lowest BCUT2D eigenvalue weighted by Gasteiger charge is -2.15. The zero-order chi connectivity index (χ0) is 16.7. The molecule has 3 N–H and O–H groups in total. The first kappa shape index (κ1) is 16.5. The molecule has 2 amide bonds. The average molecular weight is 312 g/mol. The van der Waals surface area contributed by atoms with Crippen LogP contribution < -0.4 is 10.6 Å². The summed E-state index contributed by atoms with van der Waals surface area (Å²) in [5.41, 5.74) is 2.60. The van der Waals surface area contributed by atoms with E-state index < -0.39 is 18.0 Å². The number of amides is 2. The van der Waals surface area contributed by atoms with Crippen LogP contribution in [0.1, 0.15) is 18.1 Å². The van der Waals surface area contributed by atoms with E-state index in [-0.39, 0.29) is 6.42 Å². The fourth-order valence-electron chi connectivity index (χ4n) is 2.24. The highest BCUT2D eigenvalue weighted by Crippen LogP contribution is 2.11. The number of aliphatic carboxylic acids is 1. The van der Waals surface area contributed by atoms with E-state index in [1.165, 1.54) is 0 Å². The highest BCUT2D eigenvalue weighted by Gasteiger charge is 2.20. The van der Waals surface area contributed by atoms with Gasteiger partial charge in [0.05, 0.1) is 0 Å². The molecule has 0 fully saturated rings. The lowest BCUT2D eigenvalue weighted by Crippen LogP contribution is -2.44. The summed E-state index contributed by atoms with van der Waals surface area (Å²) in [5.74, 6) is -1.06. The van der Waals surface area contributed by atoms with Gasteiger partial charge in [-0.05, 0) is 29.7 Å². The molecule has 0 bridgehead atoms. The largest absolute Gasteiger partial charge is 0.480 e. The third-order valence-corrected chi connectivity index (χ3v) is 3.48. The van der Waals surface area contributed by atoms with Crippen molar-refractivity contribution in [2.24, 2.45) is 0 Å². The number of urea groups is 1. The molecular formula is C18H20N2O3. The molecule has 2 aromatic carbocycles. The van der Waals surface area contributed by atoms with Gasteiger partial charge >= 0.3 is 12.0 Å². The fourth-order valence-corrected chi connectivity index (χ4v) is 2.24. The van der Waals surface area contributed by atoms with Crippen LogP contribution in [-0.2, 0) is 17.6 Å². The lowest BCUT2D eigenvalue weighted by molar-refractivity contribution is -0.139. The number of carbonyl (C=O) groups excluding carboxylic acids is 1. The van der Waals surface area contributed by atoms with E-state index >= 15 is 0 Å². The number of carbonyl (C=O) groups is 2. The maximum atomic E-state index is 12.0. The second-order valence-corrected chi connectivity index (χ2v) is 5.23. The standard InChI is InChI=1S/C18H20N2O3/c1-2-13-9-6-10-15(11-13)19-18(23)20-16(17(21)22)12-14-7-4-3-5-8-14/h3-11,16H,2,12H2,1H3,(H,21,22)(H2,19,20,23). The molecule has 0 saturated carbocycles. The third kappa shape index (κ3) is 5.14. The number of carboxylic acids is 1. The van der Waals surface area contributed by atoms with E-state index in [0.717, 1.165) is 17.5 Å². The van der Waals surface area contributed by atoms with Crippen LogP contribution >= 0.6 is 0 Å². The van der Waals surface area contributed by atoms with Crippen molar-refractivity contribution in [1.82, 2.24) is 5.32 Å². The second-order valence-electron chi connectivity index (χ2n) is 5.23. The van der Waals surface area contributed by atoms with Crippen molar-refractivity contribution in [2.75, 3.05) is 5.32 Å². The summed E-state index contributed by atoms with van der Waals surface area (Å²) < 4.78 is 0. The monoisotopic (exact) mass is 312 g/mol. The van der Waals surface area contributed by atoms with Gasteiger partial charge in [-0.3, -0.25) is 0 Å². The molecule has 0 aliphatic carbocycles. The Kier molecular flexibility index (Phi) is 5.74. The van der Waals surface area contributed by atoms with Crippen LogP contribution in [0, 0.1) is 0 Å². The summed E-state index contributed by atoms with van der Waals surface area (Å²) in [4.78, 5) is 23.4. The van der Waals surface area contributed by atoms with Crippen LogP contribution in [-0.4, -0.2) is 23.1 Å². The van der Waals surface area contributed by atoms with Crippen molar-refractivity contribution in [1.29, 1.82) is 0 Å². The zero-order valence-electron chi connectivity index (χ0n) is 13.0. The molecule has 0 aliphatic rings. The van der Waals surface area contributed by atoms with Crippen molar-refractivity contribution >= 4 is 17.7 Å². The van der Waals surface area contributed by atoms with E-state index in [1.807, 2.05) is 55.5 Å². The van der Waals surface area contributed by atoms with Crippen molar-refractivity contribution in [2.45, 2.75) is 25.8 Å². The molecule has 0 saturated heterocycles. The first-order valence-corrected chi connectivity index (χ1v) is 7.51. The number of rotatable bonds is 6. The zero-order valence-corrected chi connectivity index (χ0v) is 13.0.